The van der Waals surface area contributed by atoms with E-state index in [1.807, 2.05) is 0 Å². The molecule has 0 bridgehead atoms. The molecule has 1 rings (SSSR count). The van der Waals surface area contributed by atoms with Crippen LogP contribution >= 0.6 is 0 Å². The molecular weight excluding hydrogens is 174 g/mol. The third-order valence-electron chi connectivity index (χ3n) is 3.60. The molecule has 0 aromatic heterocycles. The fraction of sp³-hybridized carbons (Fsp3) is 1.00. The highest BCUT2D eigenvalue weighted by molar-refractivity contribution is 4.96. The van der Waals surface area contributed by atoms with E-state index >= 15 is 0 Å². The molecule has 84 valence electrons. The van der Waals surface area contributed by atoms with E-state index in [0.717, 1.165) is 6.61 Å². The Morgan fingerprint density at radius 3 is 2.29 bits per heavy atom. The van der Waals surface area contributed by atoms with Crippen molar-refractivity contribution >= 4 is 0 Å². The summed E-state index contributed by atoms with van der Waals surface area (Å²) >= 11 is 0. The fourth-order valence-corrected chi connectivity index (χ4v) is 2.43. The highest BCUT2D eigenvalue weighted by Gasteiger charge is 2.41. The van der Waals surface area contributed by atoms with E-state index in [-0.39, 0.29) is 0 Å². The molecule has 1 unspecified atom stereocenters. The van der Waals surface area contributed by atoms with Crippen molar-refractivity contribution in [3.63, 3.8) is 0 Å². The highest BCUT2D eigenvalue weighted by Crippen LogP contribution is 2.35. The molecule has 0 saturated carbocycles. The van der Waals surface area contributed by atoms with Crippen molar-refractivity contribution in [1.82, 2.24) is 4.90 Å². The standard InChI is InChI=1S/C12H25NO/c1-10(2)12(9-14-11(3)4)7-6-8-13(12)5/h10-11H,6-9H2,1-5H3. The van der Waals surface area contributed by atoms with E-state index in [2.05, 4.69) is 39.6 Å². The molecule has 2 heteroatoms. The first kappa shape index (κ1) is 12.0. The van der Waals surface area contributed by atoms with Crippen LogP contribution in [-0.2, 0) is 4.74 Å². The predicted molar refractivity (Wildman–Crippen MR) is 60.5 cm³/mol. The molecule has 1 aliphatic rings. The Morgan fingerprint density at radius 1 is 1.29 bits per heavy atom. The summed E-state index contributed by atoms with van der Waals surface area (Å²) in [5, 5.41) is 0. The van der Waals surface area contributed by atoms with Crippen molar-refractivity contribution in [2.45, 2.75) is 52.2 Å². The van der Waals surface area contributed by atoms with Gasteiger partial charge in [0.05, 0.1) is 12.7 Å². The van der Waals surface area contributed by atoms with Crippen molar-refractivity contribution in [1.29, 1.82) is 0 Å². The summed E-state index contributed by atoms with van der Waals surface area (Å²) in [5.74, 6) is 0.675. The second-order valence-electron chi connectivity index (χ2n) is 5.14. The number of ether oxygens (including phenoxy) is 1. The molecule has 1 fully saturated rings. The minimum absolute atomic E-state index is 0.296. The molecule has 1 heterocycles. The van der Waals surface area contributed by atoms with Crippen LogP contribution < -0.4 is 0 Å². The van der Waals surface area contributed by atoms with Crippen LogP contribution in [-0.4, -0.2) is 36.7 Å². The second kappa shape index (κ2) is 4.63. The summed E-state index contributed by atoms with van der Waals surface area (Å²) in [4.78, 5) is 2.49. The smallest absolute Gasteiger partial charge is 0.0656 e. The minimum Gasteiger partial charge on any atom is -0.377 e. The quantitative estimate of drug-likeness (QED) is 0.690. The molecule has 1 atom stereocenters. The van der Waals surface area contributed by atoms with Crippen molar-refractivity contribution in [2.75, 3.05) is 20.2 Å². The van der Waals surface area contributed by atoms with Gasteiger partial charge in [-0.05, 0) is 46.2 Å². The first-order valence-electron chi connectivity index (χ1n) is 5.82. The lowest BCUT2D eigenvalue weighted by Crippen LogP contribution is -2.50. The zero-order chi connectivity index (χ0) is 10.8. The van der Waals surface area contributed by atoms with Gasteiger partial charge in [0, 0.05) is 5.54 Å². The molecule has 1 saturated heterocycles. The van der Waals surface area contributed by atoms with Gasteiger partial charge in [-0.15, -0.1) is 0 Å². The van der Waals surface area contributed by atoms with Crippen LogP contribution in [0, 0.1) is 5.92 Å². The van der Waals surface area contributed by atoms with E-state index in [0.29, 0.717) is 17.6 Å². The SMILES string of the molecule is CC(C)OCC1(C(C)C)CCCN1C. The lowest BCUT2D eigenvalue weighted by Gasteiger charge is -2.40. The largest absolute Gasteiger partial charge is 0.377 e. The minimum atomic E-state index is 0.296. The normalized spacial score (nSPS) is 29.4. The average molecular weight is 199 g/mol. The second-order valence-corrected chi connectivity index (χ2v) is 5.14. The van der Waals surface area contributed by atoms with E-state index in [4.69, 9.17) is 4.74 Å². The number of rotatable bonds is 4. The third-order valence-corrected chi connectivity index (χ3v) is 3.60. The monoisotopic (exact) mass is 199 g/mol. The first-order chi connectivity index (χ1) is 6.49. The summed E-state index contributed by atoms with van der Waals surface area (Å²) in [6.07, 6.45) is 2.95. The van der Waals surface area contributed by atoms with Crippen molar-refractivity contribution in [3.05, 3.63) is 0 Å². The molecular formula is C12H25NO. The van der Waals surface area contributed by atoms with E-state index in [9.17, 15) is 0 Å². The fourth-order valence-electron chi connectivity index (χ4n) is 2.43. The van der Waals surface area contributed by atoms with E-state index in [1.54, 1.807) is 0 Å². The Balaban J connectivity index is 2.62. The molecule has 0 aliphatic carbocycles. The molecule has 0 radical (unpaired) electrons. The maximum Gasteiger partial charge on any atom is 0.0656 e. The molecule has 1 aliphatic heterocycles. The molecule has 0 aromatic rings. The van der Waals surface area contributed by atoms with Gasteiger partial charge in [-0.25, -0.2) is 0 Å². The zero-order valence-corrected chi connectivity index (χ0v) is 10.3. The molecule has 14 heavy (non-hydrogen) atoms. The predicted octanol–water partition coefficient (Wildman–Crippen LogP) is 2.53. The van der Waals surface area contributed by atoms with Gasteiger partial charge in [-0.1, -0.05) is 13.8 Å². The summed E-state index contributed by atoms with van der Waals surface area (Å²) in [5.41, 5.74) is 0.296. The van der Waals surface area contributed by atoms with Crippen LogP contribution in [0.1, 0.15) is 40.5 Å². The van der Waals surface area contributed by atoms with Crippen molar-refractivity contribution < 1.29 is 4.74 Å². The molecule has 0 spiro atoms. The van der Waals surface area contributed by atoms with Gasteiger partial charge >= 0.3 is 0 Å². The van der Waals surface area contributed by atoms with Crippen LogP contribution in [0.15, 0.2) is 0 Å². The van der Waals surface area contributed by atoms with Crippen LogP contribution in [0.3, 0.4) is 0 Å². The summed E-state index contributed by atoms with van der Waals surface area (Å²) in [7, 11) is 2.23. The highest BCUT2D eigenvalue weighted by atomic mass is 16.5. The van der Waals surface area contributed by atoms with Crippen LogP contribution in [0.5, 0.6) is 0 Å². The number of likely N-dealkylation sites (tertiary alicyclic amines) is 1. The maximum absolute atomic E-state index is 5.82. The van der Waals surface area contributed by atoms with E-state index < -0.39 is 0 Å². The number of hydrogen-bond donors (Lipinski definition) is 0. The van der Waals surface area contributed by atoms with Gasteiger partial charge in [-0.2, -0.15) is 0 Å². The van der Waals surface area contributed by atoms with Crippen LogP contribution in [0.2, 0.25) is 0 Å². The average Bonchev–Trinajstić information content (AvgIpc) is 2.44. The first-order valence-corrected chi connectivity index (χ1v) is 5.82. The molecule has 0 aromatic carbocycles. The lowest BCUT2D eigenvalue weighted by molar-refractivity contribution is -0.0263. The molecule has 2 nitrogen and oxygen atoms in total. The van der Waals surface area contributed by atoms with Gasteiger partial charge < -0.3 is 4.74 Å². The number of hydrogen-bond acceptors (Lipinski definition) is 2. The third kappa shape index (κ3) is 2.29. The van der Waals surface area contributed by atoms with Crippen molar-refractivity contribution in [2.24, 2.45) is 5.92 Å². The van der Waals surface area contributed by atoms with Gasteiger partial charge in [-0.3, -0.25) is 4.90 Å². The van der Waals surface area contributed by atoms with Gasteiger partial charge in [0.2, 0.25) is 0 Å². The van der Waals surface area contributed by atoms with Gasteiger partial charge in [0.1, 0.15) is 0 Å². The number of nitrogens with zero attached hydrogens (tertiary/aromatic N) is 1. The number of likely N-dealkylation sites (N-methyl/N-ethyl adjacent to an activating group) is 1. The zero-order valence-electron chi connectivity index (χ0n) is 10.3. The van der Waals surface area contributed by atoms with Gasteiger partial charge in [0.15, 0.2) is 0 Å². The lowest BCUT2D eigenvalue weighted by atomic mass is 9.85. The summed E-state index contributed by atoms with van der Waals surface area (Å²) in [6.45, 7) is 11.0. The van der Waals surface area contributed by atoms with Gasteiger partial charge in [0.25, 0.3) is 0 Å². The Hall–Kier alpha value is -0.0800. The molecule has 0 amide bonds. The summed E-state index contributed by atoms with van der Waals surface area (Å²) in [6, 6.07) is 0. The Kier molecular flexibility index (Phi) is 3.96. The van der Waals surface area contributed by atoms with E-state index in [1.165, 1.54) is 19.4 Å². The Morgan fingerprint density at radius 2 is 1.93 bits per heavy atom. The van der Waals surface area contributed by atoms with Crippen LogP contribution in [0.4, 0.5) is 0 Å². The van der Waals surface area contributed by atoms with Crippen LogP contribution in [0.25, 0.3) is 0 Å². The van der Waals surface area contributed by atoms with Crippen molar-refractivity contribution in [3.8, 4) is 0 Å². The topological polar surface area (TPSA) is 12.5 Å². The maximum atomic E-state index is 5.82. The summed E-state index contributed by atoms with van der Waals surface area (Å²) < 4.78 is 5.82. The Bertz CT molecular complexity index is 179. The Labute approximate surface area is 88.6 Å². The molecule has 0 N–H and O–H groups in total.